The average Bonchev–Trinajstić information content (AvgIpc) is 3.11. The van der Waals surface area contributed by atoms with Crippen molar-refractivity contribution in [3.05, 3.63) is 23.7 Å². The van der Waals surface area contributed by atoms with Crippen LogP contribution in [0.3, 0.4) is 0 Å². The molecule has 2 fully saturated rings. The van der Waals surface area contributed by atoms with Gasteiger partial charge in [-0.25, -0.2) is 0 Å². The number of furan rings is 1. The number of hydrogen-bond acceptors (Lipinski definition) is 3. The Kier molecular flexibility index (Phi) is 3.59. The number of aryl methyl sites for hydroxylation is 1. The molecule has 3 unspecified atom stereocenters. The third-order valence-electron chi connectivity index (χ3n) is 4.65. The van der Waals surface area contributed by atoms with Gasteiger partial charge in [-0.1, -0.05) is 0 Å². The van der Waals surface area contributed by atoms with Crippen LogP contribution < -0.4 is 5.32 Å². The Hall–Kier alpha value is -1.29. The molecule has 1 aromatic heterocycles. The van der Waals surface area contributed by atoms with Crippen molar-refractivity contribution in [3.8, 4) is 0 Å². The Morgan fingerprint density at radius 2 is 2.25 bits per heavy atom. The van der Waals surface area contributed by atoms with Gasteiger partial charge in [-0.05, 0) is 52.2 Å². The lowest BCUT2D eigenvalue weighted by atomic mass is 9.88. The van der Waals surface area contributed by atoms with Crippen LogP contribution in [0.1, 0.15) is 44.6 Å². The van der Waals surface area contributed by atoms with Crippen LogP contribution in [0.5, 0.6) is 0 Å². The summed E-state index contributed by atoms with van der Waals surface area (Å²) < 4.78 is 5.63. The van der Waals surface area contributed by atoms with Gasteiger partial charge in [-0.15, -0.1) is 0 Å². The van der Waals surface area contributed by atoms with Gasteiger partial charge < -0.3 is 14.6 Å². The summed E-state index contributed by atoms with van der Waals surface area (Å²) in [6.07, 6.45) is 3.38. The number of hydrogen-bond donors (Lipinski definition) is 1. The second-order valence-electron chi connectivity index (χ2n) is 6.46. The third kappa shape index (κ3) is 2.49. The smallest absolute Gasteiger partial charge is 0.227 e. The SMILES string of the molecule is Cc1ccc(CN(C(=O)C2CC3CCC2N3)C(C)C)o1. The van der Waals surface area contributed by atoms with E-state index in [9.17, 15) is 4.79 Å². The molecule has 3 heterocycles. The zero-order valence-corrected chi connectivity index (χ0v) is 12.6. The summed E-state index contributed by atoms with van der Waals surface area (Å²) in [5.41, 5.74) is 0. The van der Waals surface area contributed by atoms with Crippen LogP contribution >= 0.6 is 0 Å². The zero-order chi connectivity index (χ0) is 14.3. The summed E-state index contributed by atoms with van der Waals surface area (Å²) in [6, 6.07) is 5.09. The van der Waals surface area contributed by atoms with Crippen molar-refractivity contribution >= 4 is 5.91 Å². The number of carbonyl (C=O) groups excluding carboxylic acids is 1. The first-order valence-electron chi connectivity index (χ1n) is 7.66. The van der Waals surface area contributed by atoms with Gasteiger partial charge in [0.1, 0.15) is 11.5 Å². The molecule has 0 radical (unpaired) electrons. The van der Waals surface area contributed by atoms with E-state index in [0.717, 1.165) is 24.4 Å². The monoisotopic (exact) mass is 276 g/mol. The van der Waals surface area contributed by atoms with E-state index in [1.165, 1.54) is 6.42 Å². The predicted molar refractivity (Wildman–Crippen MR) is 77.2 cm³/mol. The van der Waals surface area contributed by atoms with Crippen molar-refractivity contribution < 1.29 is 9.21 Å². The van der Waals surface area contributed by atoms with E-state index >= 15 is 0 Å². The fraction of sp³-hybridized carbons (Fsp3) is 0.688. The van der Waals surface area contributed by atoms with Crippen LogP contribution in [-0.2, 0) is 11.3 Å². The van der Waals surface area contributed by atoms with Crippen molar-refractivity contribution in [3.63, 3.8) is 0 Å². The van der Waals surface area contributed by atoms with Crippen molar-refractivity contribution in [2.45, 2.75) is 64.7 Å². The fourth-order valence-electron chi connectivity index (χ4n) is 3.56. The number of carbonyl (C=O) groups is 1. The summed E-state index contributed by atoms with van der Waals surface area (Å²) in [4.78, 5) is 14.8. The number of nitrogens with one attached hydrogen (secondary N) is 1. The van der Waals surface area contributed by atoms with Gasteiger partial charge in [-0.3, -0.25) is 4.79 Å². The van der Waals surface area contributed by atoms with E-state index in [4.69, 9.17) is 4.42 Å². The molecule has 0 spiro atoms. The standard InChI is InChI=1S/C16H24N2O2/c1-10(2)18(9-13-6-4-11(3)20-13)16(19)14-8-12-5-7-15(14)17-12/h4,6,10,12,14-15,17H,5,7-9H2,1-3H3. The highest BCUT2D eigenvalue weighted by Crippen LogP contribution is 2.35. The number of rotatable bonds is 4. The Bertz CT molecular complexity index is 494. The summed E-state index contributed by atoms with van der Waals surface area (Å²) in [5, 5.41) is 3.55. The van der Waals surface area contributed by atoms with Crippen LogP contribution in [0.4, 0.5) is 0 Å². The molecule has 0 saturated carbocycles. The molecule has 1 N–H and O–H groups in total. The molecule has 4 nitrogen and oxygen atoms in total. The van der Waals surface area contributed by atoms with Crippen LogP contribution in [0.2, 0.25) is 0 Å². The molecule has 1 aromatic rings. The Morgan fingerprint density at radius 1 is 1.45 bits per heavy atom. The van der Waals surface area contributed by atoms with Gasteiger partial charge in [0.05, 0.1) is 12.5 Å². The molecule has 4 heteroatoms. The highest BCUT2D eigenvalue weighted by Gasteiger charge is 2.44. The first-order valence-corrected chi connectivity index (χ1v) is 7.66. The van der Waals surface area contributed by atoms with Crippen molar-refractivity contribution in [2.75, 3.05) is 0 Å². The number of amides is 1. The molecule has 2 aliphatic rings. The van der Waals surface area contributed by atoms with E-state index in [-0.39, 0.29) is 17.9 Å². The Labute approximate surface area is 120 Å². The molecule has 1 amide bonds. The van der Waals surface area contributed by atoms with E-state index in [1.807, 2.05) is 24.0 Å². The Morgan fingerprint density at radius 3 is 2.75 bits per heavy atom. The molecule has 20 heavy (non-hydrogen) atoms. The van der Waals surface area contributed by atoms with Crippen molar-refractivity contribution in [1.82, 2.24) is 10.2 Å². The lowest BCUT2D eigenvalue weighted by Gasteiger charge is -2.31. The lowest BCUT2D eigenvalue weighted by Crippen LogP contribution is -2.43. The minimum Gasteiger partial charge on any atom is -0.464 e. The summed E-state index contributed by atoms with van der Waals surface area (Å²) in [5.74, 6) is 2.22. The maximum absolute atomic E-state index is 12.8. The molecular formula is C16H24N2O2. The lowest BCUT2D eigenvalue weighted by molar-refractivity contribution is -0.138. The van der Waals surface area contributed by atoms with Crippen molar-refractivity contribution in [1.29, 1.82) is 0 Å². The van der Waals surface area contributed by atoms with Gasteiger partial charge in [0.2, 0.25) is 5.91 Å². The quantitative estimate of drug-likeness (QED) is 0.919. The first kappa shape index (κ1) is 13.7. The van der Waals surface area contributed by atoms with Gasteiger partial charge in [0.25, 0.3) is 0 Å². The Balaban J connectivity index is 1.71. The van der Waals surface area contributed by atoms with Crippen LogP contribution in [0.15, 0.2) is 16.5 Å². The van der Waals surface area contributed by atoms with E-state index in [2.05, 4.69) is 19.2 Å². The molecule has 2 saturated heterocycles. The van der Waals surface area contributed by atoms with E-state index in [1.54, 1.807) is 0 Å². The topological polar surface area (TPSA) is 45.5 Å². The summed E-state index contributed by atoms with van der Waals surface area (Å²) >= 11 is 0. The highest BCUT2D eigenvalue weighted by atomic mass is 16.3. The molecule has 110 valence electrons. The van der Waals surface area contributed by atoms with Gasteiger partial charge in [0, 0.05) is 18.1 Å². The van der Waals surface area contributed by atoms with Gasteiger partial charge >= 0.3 is 0 Å². The predicted octanol–water partition coefficient (Wildman–Crippen LogP) is 2.47. The molecule has 0 aliphatic carbocycles. The van der Waals surface area contributed by atoms with E-state index in [0.29, 0.717) is 18.6 Å². The van der Waals surface area contributed by atoms with E-state index < -0.39 is 0 Å². The molecule has 3 atom stereocenters. The first-order chi connectivity index (χ1) is 9.54. The normalized spacial score (nSPS) is 28.3. The summed E-state index contributed by atoms with van der Waals surface area (Å²) in [6.45, 7) is 6.67. The van der Waals surface area contributed by atoms with Gasteiger partial charge in [0.15, 0.2) is 0 Å². The zero-order valence-electron chi connectivity index (χ0n) is 12.6. The molecule has 2 bridgehead atoms. The molecular weight excluding hydrogens is 252 g/mol. The second kappa shape index (κ2) is 5.24. The fourth-order valence-corrected chi connectivity index (χ4v) is 3.56. The summed E-state index contributed by atoms with van der Waals surface area (Å²) in [7, 11) is 0. The highest BCUT2D eigenvalue weighted by molar-refractivity contribution is 5.80. The van der Waals surface area contributed by atoms with Crippen LogP contribution in [0, 0.1) is 12.8 Å². The largest absolute Gasteiger partial charge is 0.464 e. The van der Waals surface area contributed by atoms with Crippen molar-refractivity contribution in [2.24, 2.45) is 5.92 Å². The maximum Gasteiger partial charge on any atom is 0.227 e. The third-order valence-corrected chi connectivity index (χ3v) is 4.65. The van der Waals surface area contributed by atoms with Gasteiger partial charge in [-0.2, -0.15) is 0 Å². The van der Waals surface area contributed by atoms with Crippen LogP contribution in [-0.4, -0.2) is 28.9 Å². The maximum atomic E-state index is 12.8. The minimum absolute atomic E-state index is 0.159. The molecule has 3 rings (SSSR count). The molecule has 2 aliphatic heterocycles. The minimum atomic E-state index is 0.159. The number of fused-ring (bicyclic) bond motifs is 2. The number of nitrogens with zero attached hydrogens (tertiary/aromatic N) is 1. The molecule has 0 aromatic carbocycles. The van der Waals surface area contributed by atoms with Crippen LogP contribution in [0.25, 0.3) is 0 Å². The second-order valence-corrected chi connectivity index (χ2v) is 6.46. The average molecular weight is 276 g/mol.